The molecule has 2 aliphatic rings. The number of nitrogens with zero attached hydrogens (tertiary/aromatic N) is 3. The number of hydrogen-bond acceptors (Lipinski definition) is 7. The van der Waals surface area contributed by atoms with Gasteiger partial charge in [-0.05, 0) is 17.7 Å². The molecule has 0 bridgehead atoms. The molecule has 4 rings (SSSR count). The van der Waals surface area contributed by atoms with Gasteiger partial charge in [0.1, 0.15) is 13.2 Å². The molecule has 1 aromatic heterocycles. The molecule has 1 N–H and O–H groups in total. The minimum Gasteiger partial charge on any atom is -0.493 e. The molecule has 134 valence electrons. The summed E-state index contributed by atoms with van der Waals surface area (Å²) < 4.78 is 22.5. The Bertz CT molecular complexity index is 704. The first kappa shape index (κ1) is 16.2. The highest BCUT2D eigenvalue weighted by Crippen LogP contribution is 2.41. The number of ether oxygens (including phenoxy) is 4. The summed E-state index contributed by atoms with van der Waals surface area (Å²) in [6.45, 7) is 3.58. The first-order chi connectivity index (χ1) is 12.3. The summed E-state index contributed by atoms with van der Waals surface area (Å²) in [5.74, 6) is 2.36. The normalized spacial score (nSPS) is 23.0. The van der Waals surface area contributed by atoms with E-state index in [-0.39, 0.29) is 12.0 Å². The Hall–Kier alpha value is -2.32. The van der Waals surface area contributed by atoms with Gasteiger partial charge in [0.2, 0.25) is 5.75 Å². The lowest BCUT2D eigenvalue weighted by atomic mass is 10.0. The number of hydrogen-bond donors (Lipinski definition) is 1. The molecule has 2 atom stereocenters. The molecule has 1 saturated heterocycles. The van der Waals surface area contributed by atoms with E-state index in [1.165, 1.54) is 0 Å². The van der Waals surface area contributed by atoms with E-state index in [0.29, 0.717) is 24.7 Å². The predicted molar refractivity (Wildman–Crippen MR) is 89.2 cm³/mol. The SMILES string of the molecule is COc1cc(CN2C[C@@H](OC)[C@H](c3cn[nH]n3)C2)cc2c1OCCO2. The number of likely N-dealkylation sites (tertiary alicyclic amines) is 1. The predicted octanol–water partition coefficient (Wildman–Crippen LogP) is 1.20. The molecule has 0 aliphatic carbocycles. The van der Waals surface area contributed by atoms with Crippen LogP contribution in [0.4, 0.5) is 0 Å². The third-order valence-electron chi connectivity index (χ3n) is 4.75. The Kier molecular flexibility index (Phi) is 4.46. The van der Waals surface area contributed by atoms with Gasteiger partial charge in [0, 0.05) is 32.7 Å². The third kappa shape index (κ3) is 3.14. The zero-order chi connectivity index (χ0) is 17.2. The molecule has 0 saturated carbocycles. The van der Waals surface area contributed by atoms with Crippen LogP contribution in [0.3, 0.4) is 0 Å². The van der Waals surface area contributed by atoms with Gasteiger partial charge in [0.05, 0.1) is 25.1 Å². The number of rotatable bonds is 5. The van der Waals surface area contributed by atoms with E-state index in [1.807, 2.05) is 12.1 Å². The lowest BCUT2D eigenvalue weighted by Crippen LogP contribution is -2.23. The van der Waals surface area contributed by atoms with Crippen molar-refractivity contribution in [3.05, 3.63) is 29.6 Å². The molecule has 2 aliphatic heterocycles. The van der Waals surface area contributed by atoms with Crippen molar-refractivity contribution in [3.63, 3.8) is 0 Å². The van der Waals surface area contributed by atoms with Gasteiger partial charge in [0.15, 0.2) is 11.5 Å². The first-order valence-electron chi connectivity index (χ1n) is 8.36. The number of fused-ring (bicyclic) bond motifs is 1. The van der Waals surface area contributed by atoms with Gasteiger partial charge in [-0.2, -0.15) is 15.4 Å². The molecule has 1 aromatic carbocycles. The third-order valence-corrected chi connectivity index (χ3v) is 4.75. The van der Waals surface area contributed by atoms with Gasteiger partial charge in [-0.15, -0.1) is 0 Å². The molecule has 8 heteroatoms. The summed E-state index contributed by atoms with van der Waals surface area (Å²) in [5, 5.41) is 10.8. The largest absolute Gasteiger partial charge is 0.493 e. The van der Waals surface area contributed by atoms with E-state index in [1.54, 1.807) is 20.4 Å². The number of nitrogens with one attached hydrogen (secondary N) is 1. The maximum Gasteiger partial charge on any atom is 0.203 e. The van der Waals surface area contributed by atoms with Gasteiger partial charge in [-0.25, -0.2) is 0 Å². The molecule has 3 heterocycles. The van der Waals surface area contributed by atoms with Gasteiger partial charge in [-0.3, -0.25) is 4.90 Å². The van der Waals surface area contributed by atoms with E-state index < -0.39 is 0 Å². The molecule has 2 aromatic rings. The highest BCUT2D eigenvalue weighted by molar-refractivity contribution is 5.54. The number of benzene rings is 1. The molecule has 0 unspecified atom stereocenters. The van der Waals surface area contributed by atoms with Crippen LogP contribution in [-0.2, 0) is 11.3 Å². The number of H-pyrrole nitrogens is 1. The molecule has 0 amide bonds. The van der Waals surface area contributed by atoms with Crippen LogP contribution in [0.5, 0.6) is 17.2 Å². The molecule has 8 nitrogen and oxygen atoms in total. The monoisotopic (exact) mass is 346 g/mol. The zero-order valence-electron chi connectivity index (χ0n) is 14.4. The first-order valence-corrected chi connectivity index (χ1v) is 8.36. The van der Waals surface area contributed by atoms with Crippen molar-refractivity contribution in [2.75, 3.05) is 40.5 Å². The van der Waals surface area contributed by atoms with Crippen molar-refractivity contribution < 1.29 is 18.9 Å². The number of aromatic nitrogens is 3. The highest BCUT2D eigenvalue weighted by atomic mass is 16.6. The lowest BCUT2D eigenvalue weighted by Gasteiger charge is -2.23. The van der Waals surface area contributed by atoms with Crippen molar-refractivity contribution in [1.29, 1.82) is 0 Å². The van der Waals surface area contributed by atoms with Gasteiger partial charge < -0.3 is 18.9 Å². The Morgan fingerprint density at radius 2 is 2.12 bits per heavy atom. The summed E-state index contributed by atoms with van der Waals surface area (Å²) in [6, 6.07) is 4.04. The zero-order valence-corrected chi connectivity index (χ0v) is 14.4. The van der Waals surface area contributed by atoms with Crippen LogP contribution in [0.1, 0.15) is 17.2 Å². The van der Waals surface area contributed by atoms with Crippen molar-refractivity contribution in [2.45, 2.75) is 18.6 Å². The van der Waals surface area contributed by atoms with E-state index in [4.69, 9.17) is 18.9 Å². The van der Waals surface area contributed by atoms with Crippen molar-refractivity contribution in [2.24, 2.45) is 0 Å². The summed E-state index contributed by atoms with van der Waals surface area (Å²) in [6.07, 6.45) is 1.87. The van der Waals surface area contributed by atoms with Crippen LogP contribution in [0.2, 0.25) is 0 Å². The fraction of sp³-hybridized carbons (Fsp3) is 0.529. The van der Waals surface area contributed by atoms with Crippen LogP contribution >= 0.6 is 0 Å². The fourth-order valence-corrected chi connectivity index (χ4v) is 3.57. The van der Waals surface area contributed by atoms with Crippen LogP contribution < -0.4 is 14.2 Å². The average molecular weight is 346 g/mol. The maximum absolute atomic E-state index is 5.72. The lowest BCUT2D eigenvalue weighted by molar-refractivity contribution is 0.0957. The quantitative estimate of drug-likeness (QED) is 0.871. The molecular formula is C17H22N4O4. The Balaban J connectivity index is 1.52. The van der Waals surface area contributed by atoms with E-state index in [9.17, 15) is 0 Å². The molecule has 1 fully saturated rings. The molecule has 0 spiro atoms. The van der Waals surface area contributed by atoms with Crippen LogP contribution in [-0.4, -0.2) is 66.9 Å². The van der Waals surface area contributed by atoms with E-state index in [2.05, 4.69) is 20.3 Å². The molecular weight excluding hydrogens is 324 g/mol. The van der Waals surface area contributed by atoms with Crippen molar-refractivity contribution >= 4 is 0 Å². The summed E-state index contributed by atoms with van der Waals surface area (Å²) in [7, 11) is 3.39. The Morgan fingerprint density at radius 1 is 1.24 bits per heavy atom. The second kappa shape index (κ2) is 6.89. The second-order valence-electron chi connectivity index (χ2n) is 6.29. The fourth-order valence-electron chi connectivity index (χ4n) is 3.57. The molecule has 0 radical (unpaired) electrons. The van der Waals surface area contributed by atoms with E-state index >= 15 is 0 Å². The average Bonchev–Trinajstić information content (AvgIpc) is 3.30. The summed E-state index contributed by atoms with van der Waals surface area (Å²) in [5.41, 5.74) is 2.06. The summed E-state index contributed by atoms with van der Waals surface area (Å²) >= 11 is 0. The summed E-state index contributed by atoms with van der Waals surface area (Å²) in [4.78, 5) is 2.35. The van der Waals surface area contributed by atoms with Crippen LogP contribution in [0, 0.1) is 0 Å². The van der Waals surface area contributed by atoms with Gasteiger partial charge in [0.25, 0.3) is 0 Å². The van der Waals surface area contributed by atoms with Gasteiger partial charge >= 0.3 is 0 Å². The van der Waals surface area contributed by atoms with Crippen molar-refractivity contribution in [1.82, 2.24) is 20.3 Å². The number of aromatic amines is 1. The Labute approximate surface area is 146 Å². The standard InChI is InChI=1S/C17H22N4O4/c1-22-14-5-11(6-15-17(14)25-4-3-24-15)8-21-9-12(16(10-21)23-2)13-7-18-20-19-13/h5-7,12,16H,3-4,8-10H2,1-2H3,(H,18,19,20)/t12-,16+/m0/s1. The molecule has 25 heavy (non-hydrogen) atoms. The number of methoxy groups -OCH3 is 2. The minimum atomic E-state index is 0.101. The Morgan fingerprint density at radius 3 is 2.88 bits per heavy atom. The van der Waals surface area contributed by atoms with Crippen LogP contribution in [0.25, 0.3) is 0 Å². The smallest absolute Gasteiger partial charge is 0.203 e. The van der Waals surface area contributed by atoms with Crippen LogP contribution in [0.15, 0.2) is 18.3 Å². The van der Waals surface area contributed by atoms with E-state index in [0.717, 1.165) is 36.6 Å². The second-order valence-corrected chi connectivity index (χ2v) is 6.29. The van der Waals surface area contributed by atoms with Crippen molar-refractivity contribution in [3.8, 4) is 17.2 Å². The topological polar surface area (TPSA) is 81.7 Å². The highest BCUT2D eigenvalue weighted by Gasteiger charge is 2.35. The maximum atomic E-state index is 5.72. The van der Waals surface area contributed by atoms with Gasteiger partial charge in [-0.1, -0.05) is 0 Å². The minimum absolute atomic E-state index is 0.101.